The van der Waals surface area contributed by atoms with Gasteiger partial charge in [0.05, 0.1) is 6.10 Å². The third-order valence-corrected chi connectivity index (χ3v) is 3.06. The summed E-state index contributed by atoms with van der Waals surface area (Å²) in [6.07, 6.45) is 4.91. The summed E-state index contributed by atoms with van der Waals surface area (Å²) < 4.78 is 5.81. The smallest absolute Gasteiger partial charge is 0.133 e. The van der Waals surface area contributed by atoms with Crippen LogP contribution in [0.4, 0.5) is 0 Å². The lowest BCUT2D eigenvalue weighted by atomic mass is 10.2. The van der Waals surface area contributed by atoms with Gasteiger partial charge in [-0.15, -0.1) is 11.8 Å². The molecule has 0 heterocycles. The minimum absolute atomic E-state index is 0.453. The highest BCUT2D eigenvalue weighted by Gasteiger charge is 2.24. The zero-order chi connectivity index (χ0) is 9.97. The fraction of sp³-hybridized carbons (Fsp3) is 0.455. The molecule has 0 spiro atoms. The molecule has 0 saturated heterocycles. The lowest BCUT2D eigenvalue weighted by Crippen LogP contribution is -2.01. The Balaban J connectivity index is 2.21. The van der Waals surface area contributed by atoms with Crippen molar-refractivity contribution in [3.8, 4) is 5.75 Å². The van der Waals surface area contributed by atoms with Crippen LogP contribution in [0, 0.1) is 0 Å². The first-order valence-corrected chi connectivity index (χ1v) is 6.09. The lowest BCUT2D eigenvalue weighted by Gasteiger charge is -2.10. The minimum atomic E-state index is 0.453. The van der Waals surface area contributed by atoms with Gasteiger partial charge in [-0.25, -0.2) is 0 Å². The number of nitrogens with two attached hydrogens (primary N) is 1. The van der Waals surface area contributed by atoms with Crippen molar-refractivity contribution in [3.05, 3.63) is 23.8 Å². The van der Waals surface area contributed by atoms with Gasteiger partial charge in [0.25, 0.3) is 0 Å². The van der Waals surface area contributed by atoms with Crippen LogP contribution in [0.5, 0.6) is 5.75 Å². The Kier molecular flexibility index (Phi) is 2.99. The van der Waals surface area contributed by atoms with Gasteiger partial charge in [0.15, 0.2) is 0 Å². The normalized spacial score (nSPS) is 15.6. The molecule has 3 heteroatoms. The quantitative estimate of drug-likeness (QED) is 0.773. The molecular weight excluding hydrogens is 194 g/mol. The molecule has 0 aromatic heterocycles. The Bertz CT molecular complexity index is 323. The van der Waals surface area contributed by atoms with Crippen molar-refractivity contribution in [2.75, 3.05) is 6.26 Å². The molecule has 1 saturated carbocycles. The highest BCUT2D eigenvalue weighted by Crippen LogP contribution is 2.34. The molecule has 1 aromatic rings. The molecule has 1 aliphatic rings. The highest BCUT2D eigenvalue weighted by atomic mass is 32.2. The predicted molar refractivity (Wildman–Crippen MR) is 59.8 cm³/mol. The van der Waals surface area contributed by atoms with Crippen molar-refractivity contribution in [2.45, 2.75) is 30.4 Å². The Labute approximate surface area is 88.8 Å². The van der Waals surface area contributed by atoms with Crippen LogP contribution in [0.2, 0.25) is 0 Å². The highest BCUT2D eigenvalue weighted by molar-refractivity contribution is 7.98. The van der Waals surface area contributed by atoms with Crippen LogP contribution in [-0.2, 0) is 6.54 Å². The van der Waals surface area contributed by atoms with E-state index in [2.05, 4.69) is 24.5 Å². The van der Waals surface area contributed by atoms with Gasteiger partial charge in [-0.05, 0) is 36.8 Å². The van der Waals surface area contributed by atoms with Gasteiger partial charge in [0.1, 0.15) is 5.75 Å². The molecule has 2 N–H and O–H groups in total. The van der Waals surface area contributed by atoms with Crippen LogP contribution in [0.15, 0.2) is 23.1 Å². The third kappa shape index (κ3) is 2.22. The molecule has 0 bridgehead atoms. The Morgan fingerprint density at radius 1 is 1.50 bits per heavy atom. The van der Waals surface area contributed by atoms with E-state index >= 15 is 0 Å². The number of ether oxygens (including phenoxy) is 1. The molecule has 1 fully saturated rings. The molecule has 0 radical (unpaired) electrons. The summed E-state index contributed by atoms with van der Waals surface area (Å²) >= 11 is 1.72. The maximum Gasteiger partial charge on any atom is 0.133 e. The number of hydrogen-bond donors (Lipinski definition) is 1. The van der Waals surface area contributed by atoms with Gasteiger partial charge in [-0.1, -0.05) is 6.07 Å². The summed E-state index contributed by atoms with van der Waals surface area (Å²) in [7, 11) is 0. The first-order valence-electron chi connectivity index (χ1n) is 4.87. The second-order valence-corrected chi connectivity index (χ2v) is 4.35. The molecule has 0 amide bonds. The standard InChI is InChI=1S/C11H15NOS/c1-14-11-5-2-8(7-12)6-10(11)13-9-3-4-9/h2,5-6,9H,3-4,7,12H2,1H3. The van der Waals surface area contributed by atoms with Crippen molar-refractivity contribution < 1.29 is 4.74 Å². The molecule has 1 aromatic carbocycles. The Morgan fingerprint density at radius 3 is 2.86 bits per heavy atom. The number of rotatable bonds is 4. The summed E-state index contributed by atoms with van der Waals surface area (Å²) in [5, 5.41) is 0. The fourth-order valence-corrected chi connectivity index (χ4v) is 1.82. The third-order valence-electron chi connectivity index (χ3n) is 2.28. The summed E-state index contributed by atoms with van der Waals surface area (Å²) in [5.74, 6) is 1.00. The second kappa shape index (κ2) is 4.24. The number of thioether (sulfide) groups is 1. The molecule has 2 nitrogen and oxygen atoms in total. The maximum absolute atomic E-state index is 5.81. The summed E-state index contributed by atoms with van der Waals surface area (Å²) in [4.78, 5) is 1.20. The summed E-state index contributed by atoms with van der Waals surface area (Å²) in [6.45, 7) is 0.579. The monoisotopic (exact) mass is 209 g/mol. The molecule has 1 aliphatic carbocycles. The van der Waals surface area contributed by atoms with Crippen molar-refractivity contribution in [3.63, 3.8) is 0 Å². The van der Waals surface area contributed by atoms with Crippen molar-refractivity contribution >= 4 is 11.8 Å². The van der Waals surface area contributed by atoms with Crippen LogP contribution in [0.25, 0.3) is 0 Å². The minimum Gasteiger partial charge on any atom is -0.489 e. The molecule has 0 atom stereocenters. The number of benzene rings is 1. The van der Waals surface area contributed by atoms with Gasteiger partial charge < -0.3 is 10.5 Å². The van der Waals surface area contributed by atoms with Gasteiger partial charge in [0.2, 0.25) is 0 Å². The Hall–Kier alpha value is -0.670. The Morgan fingerprint density at radius 2 is 2.29 bits per heavy atom. The van der Waals surface area contributed by atoms with Crippen molar-refractivity contribution in [1.82, 2.24) is 0 Å². The largest absolute Gasteiger partial charge is 0.489 e. The molecule has 2 rings (SSSR count). The average Bonchev–Trinajstić information content (AvgIpc) is 3.01. The van der Waals surface area contributed by atoms with Crippen molar-refractivity contribution in [1.29, 1.82) is 0 Å². The van der Waals surface area contributed by atoms with Gasteiger partial charge in [0, 0.05) is 11.4 Å². The lowest BCUT2D eigenvalue weighted by molar-refractivity contribution is 0.295. The van der Waals surface area contributed by atoms with E-state index in [-0.39, 0.29) is 0 Å². The topological polar surface area (TPSA) is 35.2 Å². The van der Waals surface area contributed by atoms with Crippen LogP contribution in [-0.4, -0.2) is 12.4 Å². The van der Waals surface area contributed by atoms with E-state index in [1.165, 1.54) is 17.7 Å². The predicted octanol–water partition coefficient (Wildman–Crippen LogP) is 2.41. The SMILES string of the molecule is CSc1ccc(CN)cc1OC1CC1. The number of hydrogen-bond acceptors (Lipinski definition) is 3. The van der Waals surface area contributed by atoms with E-state index < -0.39 is 0 Å². The van der Waals surface area contributed by atoms with Crippen molar-refractivity contribution in [2.24, 2.45) is 5.73 Å². The first kappa shape index (κ1) is 9.87. The zero-order valence-corrected chi connectivity index (χ0v) is 9.14. The zero-order valence-electron chi connectivity index (χ0n) is 8.32. The van der Waals surface area contributed by atoms with E-state index in [1.54, 1.807) is 11.8 Å². The fourth-order valence-electron chi connectivity index (χ4n) is 1.31. The van der Waals surface area contributed by atoms with Gasteiger partial charge in [-0.2, -0.15) is 0 Å². The van der Waals surface area contributed by atoms with E-state index in [0.29, 0.717) is 12.6 Å². The van der Waals surface area contributed by atoms with Gasteiger partial charge in [-0.3, -0.25) is 0 Å². The second-order valence-electron chi connectivity index (χ2n) is 3.51. The van der Waals surface area contributed by atoms with Gasteiger partial charge >= 0.3 is 0 Å². The van der Waals surface area contributed by atoms with E-state index in [0.717, 1.165) is 11.3 Å². The van der Waals surface area contributed by atoms with Crippen LogP contribution in [0.1, 0.15) is 18.4 Å². The van der Waals surface area contributed by atoms with E-state index in [4.69, 9.17) is 10.5 Å². The van der Waals surface area contributed by atoms with Crippen LogP contribution in [0.3, 0.4) is 0 Å². The maximum atomic E-state index is 5.81. The van der Waals surface area contributed by atoms with E-state index in [9.17, 15) is 0 Å². The molecule has 0 aliphatic heterocycles. The van der Waals surface area contributed by atoms with Crippen LogP contribution < -0.4 is 10.5 Å². The van der Waals surface area contributed by atoms with E-state index in [1.807, 2.05) is 0 Å². The van der Waals surface area contributed by atoms with Crippen LogP contribution >= 0.6 is 11.8 Å². The average molecular weight is 209 g/mol. The molecule has 0 unspecified atom stereocenters. The first-order chi connectivity index (χ1) is 6.83. The molecule has 14 heavy (non-hydrogen) atoms. The molecular formula is C11H15NOS. The molecule has 76 valence electrons. The summed E-state index contributed by atoms with van der Waals surface area (Å²) in [5.41, 5.74) is 6.73. The summed E-state index contributed by atoms with van der Waals surface area (Å²) in [6, 6.07) is 6.21.